The van der Waals surface area contributed by atoms with Crippen LogP contribution in [0.25, 0.3) is 0 Å². The fraction of sp³-hybridized carbons (Fsp3) is 0.893. The summed E-state index contributed by atoms with van der Waals surface area (Å²) in [6.45, 7) is -3.07. The number of amides is 6. The Morgan fingerprint density at radius 1 is 0.417 bits per heavy atom. The van der Waals surface area contributed by atoms with E-state index >= 15 is 0 Å². The van der Waals surface area contributed by atoms with Gasteiger partial charge in [-0.2, -0.15) is 0 Å². The van der Waals surface area contributed by atoms with Crippen LogP contribution < -0.4 is 35.5 Å². The van der Waals surface area contributed by atoms with Gasteiger partial charge in [0.25, 0.3) is 31.3 Å². The van der Waals surface area contributed by atoms with Crippen LogP contribution in [0.5, 0.6) is 0 Å². The summed E-state index contributed by atoms with van der Waals surface area (Å²) >= 11 is 0. The van der Waals surface area contributed by atoms with E-state index < -0.39 is 261 Å². The molecule has 596 valence electrons. The average Bonchev–Trinajstić information content (AvgIpc) is 1.75. The van der Waals surface area contributed by atoms with Crippen molar-refractivity contribution in [1.82, 2.24) is 30.7 Å². The third-order valence-electron chi connectivity index (χ3n) is 17.6. The van der Waals surface area contributed by atoms with Gasteiger partial charge in [-0.25, -0.2) is 0 Å². The van der Waals surface area contributed by atoms with E-state index in [-0.39, 0.29) is 90.4 Å². The third-order valence-corrected chi connectivity index (χ3v) is 21.6. The van der Waals surface area contributed by atoms with Crippen LogP contribution in [0.2, 0.25) is 0 Å². The molecule has 0 saturated carbocycles. The van der Waals surface area contributed by atoms with E-state index in [9.17, 15) is 113 Å². The molecule has 12 N–H and O–H groups in total. The lowest BCUT2D eigenvalue weighted by Gasteiger charge is -2.42. The molecule has 0 aliphatic carbocycles. The molecule has 6 fully saturated rings. The molecule has 6 saturated heterocycles. The molecule has 0 aromatic heterocycles. The minimum Gasteiger partial charge on any atom is -0.756 e. The summed E-state index contributed by atoms with van der Waals surface area (Å²) in [5, 5.41) is 99.2. The molecule has 47 heteroatoms. The number of nitrogens with zero attached hydrogens (tertiary/aromatic N) is 3. The highest BCUT2D eigenvalue weighted by Crippen LogP contribution is 2.48. The largest absolute Gasteiger partial charge is 0.756 e. The predicted octanol–water partition coefficient (Wildman–Crippen LogP) is -7.45. The Morgan fingerprint density at radius 3 is 0.932 bits per heavy atom. The second-order valence-electron chi connectivity index (χ2n) is 25.3. The summed E-state index contributed by atoms with van der Waals surface area (Å²) in [6, 6.07) is -7.42. The van der Waals surface area contributed by atoms with Crippen LogP contribution in [0.3, 0.4) is 0 Å². The number of rotatable bonds is 41. The van der Waals surface area contributed by atoms with Crippen molar-refractivity contribution < 1.29 is 177 Å². The first-order valence-electron chi connectivity index (χ1n) is 33.2. The Balaban J connectivity index is 1.10. The van der Waals surface area contributed by atoms with Crippen LogP contribution in [0.15, 0.2) is 0 Å². The predicted molar refractivity (Wildman–Crippen MR) is 333 cm³/mol. The van der Waals surface area contributed by atoms with Gasteiger partial charge in [-0.3, -0.25) is 47.0 Å². The van der Waals surface area contributed by atoms with E-state index in [2.05, 4.69) is 25.0 Å². The van der Waals surface area contributed by atoms with Crippen LogP contribution in [0, 0.1) is 0 Å². The second kappa shape index (κ2) is 40.9. The number of unbranched alkanes of at least 4 members (excludes halogenated alkanes) is 3. The number of hydrogen-bond donors (Lipinski definition) is 12. The molecule has 103 heavy (non-hydrogen) atoms. The van der Waals surface area contributed by atoms with Crippen molar-refractivity contribution >= 4 is 66.7 Å². The molecule has 6 aliphatic heterocycles. The number of nitrogens with one attached hydrogen (secondary N) is 3. The van der Waals surface area contributed by atoms with Crippen LogP contribution in [-0.2, 0) is 112 Å². The summed E-state index contributed by atoms with van der Waals surface area (Å²) in [5.41, 5.74) is 0. The van der Waals surface area contributed by atoms with Crippen molar-refractivity contribution in [3.8, 4) is 0 Å². The molecule has 6 amide bonds. The van der Waals surface area contributed by atoms with Gasteiger partial charge in [-0.1, -0.05) is 0 Å². The van der Waals surface area contributed by atoms with Crippen molar-refractivity contribution in [3.05, 3.63) is 0 Å². The quantitative estimate of drug-likeness (QED) is 0.0200. The van der Waals surface area contributed by atoms with Crippen LogP contribution in [0.1, 0.15) is 97.8 Å². The number of phosphoric ester groups is 4. The molecule has 0 radical (unpaired) electrons. The van der Waals surface area contributed by atoms with Crippen molar-refractivity contribution in [2.24, 2.45) is 0 Å². The topological polar surface area (TPSA) is 620 Å². The van der Waals surface area contributed by atoms with Crippen LogP contribution in [0.4, 0.5) is 0 Å². The number of likely N-dealkylation sites (tertiary alicyclic amines) is 3. The lowest BCUT2D eigenvalue weighted by atomic mass is 9.97. The van der Waals surface area contributed by atoms with Crippen molar-refractivity contribution in [2.45, 2.75) is 226 Å². The van der Waals surface area contributed by atoms with Crippen molar-refractivity contribution in [2.75, 3.05) is 93.3 Å². The molecule has 19 unspecified atom stereocenters. The summed E-state index contributed by atoms with van der Waals surface area (Å²) < 4.78 is 126. The monoisotopic (exact) mass is 1570 g/mol. The smallest absolute Gasteiger partial charge is 0.268 e. The van der Waals surface area contributed by atoms with Crippen LogP contribution >= 0.6 is 31.3 Å². The summed E-state index contributed by atoms with van der Waals surface area (Å²) in [6.07, 6.45) is -23.0. The van der Waals surface area contributed by atoms with E-state index in [0.29, 0.717) is 0 Å². The first-order chi connectivity index (χ1) is 48.4. The molecule has 6 heterocycles. The molecule has 43 nitrogen and oxygen atoms in total. The van der Waals surface area contributed by atoms with Crippen LogP contribution in [-0.4, -0.2) is 318 Å². The maximum Gasteiger partial charge on any atom is 0.268 e. The van der Waals surface area contributed by atoms with Gasteiger partial charge in [0.05, 0.1) is 76.1 Å². The van der Waals surface area contributed by atoms with Crippen molar-refractivity contribution in [3.63, 3.8) is 0 Å². The Bertz CT molecular complexity index is 2960. The van der Waals surface area contributed by atoms with E-state index in [4.69, 9.17) is 55.6 Å². The zero-order valence-electron chi connectivity index (χ0n) is 57.2. The van der Waals surface area contributed by atoms with Gasteiger partial charge in [0.2, 0.25) is 35.4 Å². The highest BCUT2D eigenvalue weighted by molar-refractivity contribution is 7.46. The van der Waals surface area contributed by atoms with Gasteiger partial charge in [0, 0.05) is 93.7 Å². The summed E-state index contributed by atoms with van der Waals surface area (Å²) in [7, 11) is -19.3. The lowest BCUT2D eigenvalue weighted by Crippen LogP contribution is -2.64. The number of ether oxygens (including phenoxy) is 6. The first kappa shape index (κ1) is 88.6. The summed E-state index contributed by atoms with van der Waals surface area (Å²) in [5.74, 6) is -3.79. The third kappa shape index (κ3) is 26.7. The standard InChI is InChI=1S/C56H100N6O37P4/c1-30(66)57-45-51(75)48(72)39(24-63)94-54(45)88-15-9-6-12-42(69)60-21-36(97-101(80,81)87-5)18-34(60)28-92-102(82,83)99-38-20-35(62(23-38)44(71)14-8-11-17-90-56-47(59-32(3)68)53(77)50(74)41(26-65)96-56)29-93-103(84,85)98-37-19-33(27-91-100(78,79)86-4)61(22-37)43(70)13-7-10-16-89-55-46(58-31(2)67)52(76)49(73)40(25-64)95-55/h33-41,45-56,63-65,72-77H,6-29H2,1-5H3,(H,57,66)(H,58,67)(H,59,68)(H,78,79)(H,80,81)(H,82,83)(H,84,85)/p-4/t33-,34-,35-,36+,37+,38+,39?,40?,41?,45?,46?,47?,48?,49?,50?,51?,52?,53?,54?,55?,56?/m0/s1. The van der Waals surface area contributed by atoms with Gasteiger partial charge in [-0.15, -0.1) is 0 Å². The number of carbonyl (C=O) groups excluding carboxylic acids is 6. The van der Waals surface area contributed by atoms with Gasteiger partial charge in [0.1, 0.15) is 73.1 Å². The average molecular weight is 1570 g/mol. The normalized spacial score (nSPS) is 34.3. The first-order valence-corrected chi connectivity index (χ1v) is 39.1. The molecule has 6 rings (SSSR count). The maximum absolute atomic E-state index is 14.1. The minimum atomic E-state index is -5.52. The Morgan fingerprint density at radius 2 is 0.680 bits per heavy atom. The number of aliphatic hydroxyl groups excluding tert-OH is 9. The van der Waals surface area contributed by atoms with Gasteiger partial charge >= 0.3 is 0 Å². The fourth-order valence-corrected chi connectivity index (χ4v) is 15.4. The maximum atomic E-state index is 14.1. The second-order valence-corrected chi connectivity index (χ2v) is 31.0. The van der Waals surface area contributed by atoms with E-state index in [1.807, 2.05) is 0 Å². The van der Waals surface area contributed by atoms with E-state index in [1.54, 1.807) is 0 Å². The zero-order chi connectivity index (χ0) is 76.3. The number of aliphatic hydroxyl groups is 9. The number of hydrogen-bond acceptors (Lipinski definition) is 37. The molecular weight excluding hydrogens is 1470 g/mol. The minimum absolute atomic E-state index is 0.0205. The number of carbonyl (C=O) groups is 6. The Hall–Kier alpha value is -3.34. The molecule has 0 aromatic rings. The molecule has 0 aromatic carbocycles. The zero-order valence-corrected chi connectivity index (χ0v) is 60.8. The van der Waals surface area contributed by atoms with Gasteiger partial charge in [0.15, 0.2) is 18.9 Å². The molecule has 6 aliphatic rings. The van der Waals surface area contributed by atoms with Crippen molar-refractivity contribution in [1.29, 1.82) is 0 Å². The van der Waals surface area contributed by atoms with Gasteiger partial charge in [-0.05, 0) is 57.8 Å². The Kier molecular flexibility index (Phi) is 35.2. The summed E-state index contributed by atoms with van der Waals surface area (Å²) in [4.78, 5) is 133. The molecular formula is C56H96N6O37P4-4. The number of phosphoric acid groups is 4. The fourth-order valence-electron chi connectivity index (χ4n) is 12.5. The molecule has 0 bridgehead atoms. The molecule has 0 spiro atoms. The highest BCUT2D eigenvalue weighted by Gasteiger charge is 2.49. The molecule has 25 atom stereocenters. The lowest BCUT2D eigenvalue weighted by molar-refractivity contribution is -0.270. The van der Waals surface area contributed by atoms with E-state index in [0.717, 1.165) is 49.7 Å². The Labute approximate surface area is 592 Å². The van der Waals surface area contributed by atoms with Gasteiger partial charge < -0.3 is 161 Å². The highest BCUT2D eigenvalue weighted by atomic mass is 31.2. The SMILES string of the molecule is COP(=O)([O-])OC[C@@H]1C[C@@H](OP(=O)([O-])OC[C@@H]2C[C@@H](OP(=O)([O-])OC[C@@H]3C[C@@H](OP(=O)([O-])OC)CN3C(=O)CCCCOC3OC(CO)C(O)C(O)C3NC(C)=O)CN2C(=O)CCCCOC2OC(CO)C(O)C(O)C2NC(C)=O)CN1C(=O)CCCCOC1OC(CO)C(O)C(O)C1NC(C)=O. The van der Waals surface area contributed by atoms with E-state index in [1.165, 1.54) is 0 Å².